The minimum absolute atomic E-state index is 0.0639. The van der Waals surface area contributed by atoms with Gasteiger partial charge in [0.1, 0.15) is 10.9 Å². The van der Waals surface area contributed by atoms with Gasteiger partial charge < -0.3 is 9.64 Å². The molecule has 1 aliphatic rings. The average molecular weight is 363 g/mol. The molecule has 2 amide bonds. The zero-order valence-corrected chi connectivity index (χ0v) is 16.3. The highest BCUT2D eigenvalue weighted by Gasteiger charge is 2.44. The van der Waals surface area contributed by atoms with Crippen LogP contribution in [-0.2, 0) is 9.53 Å². The highest BCUT2D eigenvalue weighted by atomic mass is 32.2. The number of alkyl carbamates (subject to hydrolysis) is 1. The summed E-state index contributed by atoms with van der Waals surface area (Å²) in [6.07, 6.45) is -0.570. The third-order valence-electron chi connectivity index (χ3n) is 3.57. The standard InChI is InChI=1S/C18H25N3O3S/c1-17(2,3)24-16(23)19-15-20-18(4,5)13(25-15)14(22)21(6)12-10-8-7-9-11-12/h7-11,13H,1-6H3,(H,19,20,23). The summed E-state index contributed by atoms with van der Waals surface area (Å²) < 4.78 is 5.24. The monoisotopic (exact) mass is 363 g/mol. The first-order chi connectivity index (χ1) is 11.5. The lowest BCUT2D eigenvalue weighted by Gasteiger charge is -2.27. The Kier molecular flexibility index (Phi) is 5.46. The number of nitrogens with zero attached hydrogens (tertiary/aromatic N) is 2. The number of hydrogen-bond acceptors (Lipinski definition) is 5. The van der Waals surface area contributed by atoms with Crippen LogP contribution in [0.3, 0.4) is 0 Å². The van der Waals surface area contributed by atoms with Crippen LogP contribution < -0.4 is 10.2 Å². The molecular weight excluding hydrogens is 338 g/mol. The van der Waals surface area contributed by atoms with Crippen molar-refractivity contribution in [3.8, 4) is 0 Å². The van der Waals surface area contributed by atoms with Crippen LogP contribution in [0.2, 0.25) is 0 Å². The van der Waals surface area contributed by atoms with Gasteiger partial charge in [-0.2, -0.15) is 0 Å². The Balaban J connectivity index is 2.07. The summed E-state index contributed by atoms with van der Waals surface area (Å²) in [6.45, 7) is 9.14. The van der Waals surface area contributed by atoms with Gasteiger partial charge in [0.25, 0.3) is 0 Å². The Morgan fingerprint density at radius 3 is 2.40 bits per heavy atom. The number of ether oxygens (including phenoxy) is 1. The van der Waals surface area contributed by atoms with Crippen molar-refractivity contribution in [3.63, 3.8) is 0 Å². The molecule has 6 nitrogen and oxygen atoms in total. The summed E-state index contributed by atoms with van der Waals surface area (Å²) in [4.78, 5) is 30.9. The lowest BCUT2D eigenvalue weighted by atomic mass is 10.00. The fraction of sp³-hybridized carbons (Fsp3) is 0.500. The lowest BCUT2D eigenvalue weighted by Crippen LogP contribution is -2.43. The predicted octanol–water partition coefficient (Wildman–Crippen LogP) is 3.42. The summed E-state index contributed by atoms with van der Waals surface area (Å²) in [5.41, 5.74) is -0.404. The molecule has 0 aliphatic carbocycles. The zero-order valence-electron chi connectivity index (χ0n) is 15.5. The third kappa shape index (κ3) is 4.98. The van der Waals surface area contributed by atoms with Crippen molar-refractivity contribution in [1.82, 2.24) is 5.32 Å². The van der Waals surface area contributed by atoms with Crippen molar-refractivity contribution < 1.29 is 14.3 Å². The van der Waals surface area contributed by atoms with E-state index in [0.717, 1.165) is 5.69 Å². The van der Waals surface area contributed by atoms with Crippen LogP contribution in [-0.4, -0.2) is 40.6 Å². The molecule has 1 atom stereocenters. The van der Waals surface area contributed by atoms with Crippen LogP contribution in [0.25, 0.3) is 0 Å². The number of anilines is 1. The number of thioether (sulfide) groups is 1. The summed E-state index contributed by atoms with van der Waals surface area (Å²) in [5.74, 6) is -0.0639. The van der Waals surface area contributed by atoms with E-state index in [0.29, 0.717) is 5.17 Å². The number of para-hydroxylation sites is 1. The number of carbonyl (C=O) groups excluding carboxylic acids is 2. The topological polar surface area (TPSA) is 71.0 Å². The highest BCUT2D eigenvalue weighted by molar-refractivity contribution is 8.15. The molecule has 1 aromatic rings. The fourth-order valence-corrected chi connectivity index (χ4v) is 3.61. The smallest absolute Gasteiger partial charge is 0.413 e. The molecule has 0 saturated heterocycles. The first-order valence-corrected chi connectivity index (χ1v) is 8.97. The molecule has 0 aromatic heterocycles. The van der Waals surface area contributed by atoms with E-state index in [4.69, 9.17) is 4.74 Å². The predicted molar refractivity (Wildman–Crippen MR) is 102 cm³/mol. The summed E-state index contributed by atoms with van der Waals surface area (Å²) >= 11 is 1.25. The number of nitrogens with one attached hydrogen (secondary N) is 1. The quantitative estimate of drug-likeness (QED) is 0.874. The van der Waals surface area contributed by atoms with Crippen molar-refractivity contribution in [1.29, 1.82) is 0 Å². The molecule has 0 spiro atoms. The first kappa shape index (κ1) is 19.3. The number of aliphatic imine (C=N–C) groups is 1. The molecular formula is C18H25N3O3S. The van der Waals surface area contributed by atoms with Gasteiger partial charge in [0.15, 0.2) is 5.17 Å². The molecule has 7 heteroatoms. The van der Waals surface area contributed by atoms with Gasteiger partial charge in [0, 0.05) is 12.7 Å². The normalized spacial score (nSPS) is 19.1. The molecule has 1 aromatic carbocycles. The maximum Gasteiger partial charge on any atom is 0.413 e. The molecule has 1 heterocycles. The molecule has 136 valence electrons. The largest absolute Gasteiger partial charge is 0.444 e. The van der Waals surface area contributed by atoms with Crippen molar-refractivity contribution >= 4 is 34.6 Å². The number of amides is 2. The molecule has 1 unspecified atom stereocenters. The van der Waals surface area contributed by atoms with E-state index in [1.54, 1.807) is 32.7 Å². The molecule has 1 aliphatic heterocycles. The summed E-state index contributed by atoms with van der Waals surface area (Å²) in [6, 6.07) is 9.44. The van der Waals surface area contributed by atoms with Crippen molar-refractivity contribution in [3.05, 3.63) is 30.3 Å². The SMILES string of the molecule is CN(C(=O)C1SC(NC(=O)OC(C)(C)C)=NC1(C)C)c1ccccc1. The Labute approximate surface area is 153 Å². The number of rotatable bonds is 2. The Bertz CT molecular complexity index is 681. The van der Waals surface area contributed by atoms with Gasteiger partial charge in [-0.05, 0) is 46.8 Å². The second-order valence-corrected chi connectivity index (χ2v) is 8.52. The van der Waals surface area contributed by atoms with Gasteiger partial charge in [0.05, 0.1) is 5.54 Å². The van der Waals surface area contributed by atoms with E-state index < -0.39 is 22.5 Å². The summed E-state index contributed by atoms with van der Waals surface area (Å²) in [5, 5.41) is 2.61. The van der Waals surface area contributed by atoms with Gasteiger partial charge in [-0.3, -0.25) is 15.1 Å². The van der Waals surface area contributed by atoms with E-state index in [-0.39, 0.29) is 5.91 Å². The number of benzene rings is 1. The van der Waals surface area contributed by atoms with E-state index in [2.05, 4.69) is 10.3 Å². The lowest BCUT2D eigenvalue weighted by molar-refractivity contribution is -0.118. The van der Waals surface area contributed by atoms with Crippen LogP contribution in [0, 0.1) is 0 Å². The second kappa shape index (κ2) is 7.07. The average Bonchev–Trinajstić information content (AvgIpc) is 2.78. The first-order valence-electron chi connectivity index (χ1n) is 8.09. The Morgan fingerprint density at radius 1 is 1.24 bits per heavy atom. The van der Waals surface area contributed by atoms with Gasteiger partial charge in [0.2, 0.25) is 5.91 Å². The van der Waals surface area contributed by atoms with Gasteiger partial charge in [-0.15, -0.1) is 0 Å². The van der Waals surface area contributed by atoms with Crippen LogP contribution in [0.5, 0.6) is 0 Å². The molecule has 25 heavy (non-hydrogen) atoms. The van der Waals surface area contributed by atoms with Gasteiger partial charge in [-0.1, -0.05) is 30.0 Å². The van der Waals surface area contributed by atoms with Crippen molar-refractivity contribution in [2.45, 2.75) is 51.0 Å². The van der Waals surface area contributed by atoms with Crippen molar-refractivity contribution in [2.75, 3.05) is 11.9 Å². The molecule has 0 bridgehead atoms. The Hall–Kier alpha value is -2.02. The van der Waals surface area contributed by atoms with Crippen LogP contribution in [0.1, 0.15) is 34.6 Å². The minimum Gasteiger partial charge on any atom is -0.444 e. The fourth-order valence-electron chi connectivity index (χ4n) is 2.36. The number of carbonyl (C=O) groups is 2. The molecule has 0 saturated carbocycles. The van der Waals surface area contributed by atoms with Crippen LogP contribution in [0.4, 0.5) is 10.5 Å². The van der Waals surface area contributed by atoms with E-state index in [1.807, 2.05) is 44.2 Å². The summed E-state index contributed by atoms with van der Waals surface area (Å²) in [7, 11) is 1.74. The zero-order chi connectivity index (χ0) is 18.8. The van der Waals surface area contributed by atoms with Crippen molar-refractivity contribution in [2.24, 2.45) is 4.99 Å². The van der Waals surface area contributed by atoms with Crippen LogP contribution in [0.15, 0.2) is 35.3 Å². The maximum atomic E-state index is 12.9. The molecule has 0 fully saturated rings. The van der Waals surface area contributed by atoms with E-state index >= 15 is 0 Å². The maximum absolute atomic E-state index is 12.9. The second-order valence-electron chi connectivity index (χ2n) is 7.43. The van der Waals surface area contributed by atoms with Gasteiger partial charge in [-0.25, -0.2) is 4.79 Å². The van der Waals surface area contributed by atoms with Crippen LogP contribution >= 0.6 is 11.8 Å². The number of amidine groups is 1. The minimum atomic E-state index is -0.630. The van der Waals surface area contributed by atoms with Gasteiger partial charge >= 0.3 is 6.09 Å². The van der Waals surface area contributed by atoms with E-state index in [1.165, 1.54) is 11.8 Å². The highest BCUT2D eigenvalue weighted by Crippen LogP contribution is 2.36. The molecule has 0 radical (unpaired) electrons. The molecule has 1 N–H and O–H groups in total. The molecule has 2 rings (SSSR count). The number of hydrogen-bond donors (Lipinski definition) is 1. The van der Waals surface area contributed by atoms with E-state index in [9.17, 15) is 9.59 Å². The third-order valence-corrected chi connectivity index (χ3v) is 5.00. The Morgan fingerprint density at radius 2 is 1.84 bits per heavy atom.